The number of hydrogen-bond acceptors (Lipinski definition) is 3. The SMILES string of the molecule is CNC(=O)[C@@H](C)N(Cc1ccc(C)cc1)C(=O)COc1ccc(C(C)C)cc1. The van der Waals surface area contributed by atoms with Gasteiger partial charge in [-0.05, 0) is 43.0 Å². The van der Waals surface area contributed by atoms with Gasteiger partial charge in [-0.25, -0.2) is 0 Å². The third-order valence-electron chi connectivity index (χ3n) is 4.80. The molecule has 0 bridgehead atoms. The van der Waals surface area contributed by atoms with Crippen molar-refractivity contribution in [2.75, 3.05) is 13.7 Å². The number of hydrogen-bond donors (Lipinski definition) is 1. The number of benzene rings is 2. The van der Waals surface area contributed by atoms with Crippen molar-refractivity contribution < 1.29 is 14.3 Å². The minimum absolute atomic E-state index is 0.117. The molecule has 0 aliphatic rings. The summed E-state index contributed by atoms with van der Waals surface area (Å²) in [5.41, 5.74) is 3.33. The Morgan fingerprint density at radius 1 is 1.00 bits per heavy atom. The maximum atomic E-state index is 12.8. The topological polar surface area (TPSA) is 58.6 Å². The lowest BCUT2D eigenvalue weighted by Crippen LogP contribution is -2.48. The highest BCUT2D eigenvalue weighted by Crippen LogP contribution is 2.19. The van der Waals surface area contributed by atoms with Crippen LogP contribution >= 0.6 is 0 Å². The van der Waals surface area contributed by atoms with Crippen LogP contribution in [0.5, 0.6) is 5.75 Å². The third kappa shape index (κ3) is 5.84. The monoisotopic (exact) mass is 382 g/mol. The standard InChI is InChI=1S/C23H30N2O3/c1-16(2)20-10-12-21(13-11-20)28-15-22(26)25(18(4)23(27)24-5)14-19-8-6-17(3)7-9-19/h6-13,16,18H,14-15H2,1-5H3,(H,24,27)/t18-/m1/s1. The summed E-state index contributed by atoms with van der Waals surface area (Å²) in [5.74, 6) is 0.640. The van der Waals surface area contributed by atoms with Gasteiger partial charge in [-0.15, -0.1) is 0 Å². The van der Waals surface area contributed by atoms with Crippen molar-refractivity contribution in [3.05, 3.63) is 65.2 Å². The number of nitrogens with one attached hydrogen (secondary N) is 1. The number of carbonyl (C=O) groups is 2. The summed E-state index contributed by atoms with van der Waals surface area (Å²) < 4.78 is 5.68. The van der Waals surface area contributed by atoms with E-state index in [1.54, 1.807) is 18.9 Å². The van der Waals surface area contributed by atoms with Crippen LogP contribution in [-0.4, -0.2) is 36.4 Å². The predicted molar refractivity (Wildman–Crippen MR) is 111 cm³/mol. The van der Waals surface area contributed by atoms with E-state index < -0.39 is 6.04 Å². The van der Waals surface area contributed by atoms with Crippen molar-refractivity contribution in [3.63, 3.8) is 0 Å². The summed E-state index contributed by atoms with van der Waals surface area (Å²) in [6.45, 7) is 8.23. The molecule has 0 aliphatic heterocycles. The van der Waals surface area contributed by atoms with Crippen molar-refractivity contribution in [2.24, 2.45) is 0 Å². The first kappa shape index (κ1) is 21.5. The fraction of sp³-hybridized carbons (Fsp3) is 0.391. The lowest BCUT2D eigenvalue weighted by Gasteiger charge is -2.28. The van der Waals surface area contributed by atoms with Crippen LogP contribution in [0.3, 0.4) is 0 Å². The second kappa shape index (κ2) is 9.93. The summed E-state index contributed by atoms with van der Waals surface area (Å²) in [6, 6.07) is 15.1. The number of aryl methyl sites for hydroxylation is 1. The molecule has 5 nitrogen and oxygen atoms in total. The van der Waals surface area contributed by atoms with E-state index in [2.05, 4.69) is 19.2 Å². The maximum Gasteiger partial charge on any atom is 0.261 e. The summed E-state index contributed by atoms with van der Waals surface area (Å²) in [6.07, 6.45) is 0. The molecule has 0 aliphatic carbocycles. The van der Waals surface area contributed by atoms with Crippen molar-refractivity contribution in [1.82, 2.24) is 10.2 Å². The number of likely N-dealkylation sites (N-methyl/N-ethyl adjacent to an activating group) is 1. The van der Waals surface area contributed by atoms with Crippen molar-refractivity contribution >= 4 is 11.8 Å². The molecule has 0 radical (unpaired) electrons. The number of rotatable bonds is 8. The van der Waals surface area contributed by atoms with E-state index in [1.807, 2.05) is 55.5 Å². The highest BCUT2D eigenvalue weighted by atomic mass is 16.5. The highest BCUT2D eigenvalue weighted by Gasteiger charge is 2.25. The zero-order chi connectivity index (χ0) is 20.7. The predicted octanol–water partition coefficient (Wildman–Crippen LogP) is 3.66. The van der Waals surface area contributed by atoms with Gasteiger partial charge in [-0.2, -0.15) is 0 Å². The molecule has 2 amide bonds. The molecule has 0 aromatic heterocycles. The van der Waals surface area contributed by atoms with Gasteiger partial charge >= 0.3 is 0 Å². The zero-order valence-electron chi connectivity index (χ0n) is 17.4. The lowest BCUT2D eigenvalue weighted by atomic mass is 10.0. The Bertz CT molecular complexity index is 782. The fourth-order valence-electron chi connectivity index (χ4n) is 2.86. The molecule has 0 saturated heterocycles. The molecule has 2 rings (SSSR count). The molecule has 150 valence electrons. The van der Waals surface area contributed by atoms with E-state index in [0.29, 0.717) is 18.2 Å². The van der Waals surface area contributed by atoms with Gasteiger partial charge in [0.1, 0.15) is 11.8 Å². The number of amides is 2. The second-order valence-electron chi connectivity index (χ2n) is 7.31. The van der Waals surface area contributed by atoms with Crippen LogP contribution < -0.4 is 10.1 Å². The molecule has 0 heterocycles. The molecule has 1 N–H and O–H groups in total. The van der Waals surface area contributed by atoms with Crippen LogP contribution in [0.2, 0.25) is 0 Å². The average Bonchev–Trinajstić information content (AvgIpc) is 2.70. The smallest absolute Gasteiger partial charge is 0.261 e. The van der Waals surface area contributed by atoms with Crippen molar-refractivity contribution in [3.8, 4) is 5.75 Å². The van der Waals surface area contributed by atoms with Gasteiger partial charge in [0.15, 0.2) is 6.61 Å². The molecule has 2 aromatic carbocycles. The van der Waals surface area contributed by atoms with Gasteiger partial charge < -0.3 is 15.0 Å². The molecule has 1 atom stereocenters. The van der Waals surface area contributed by atoms with Gasteiger partial charge in [0.05, 0.1) is 0 Å². The molecule has 0 fully saturated rings. The van der Waals surface area contributed by atoms with Crippen LogP contribution in [0.25, 0.3) is 0 Å². The first-order chi connectivity index (χ1) is 13.3. The number of carbonyl (C=O) groups excluding carboxylic acids is 2. The Morgan fingerprint density at radius 3 is 2.14 bits per heavy atom. The quantitative estimate of drug-likeness (QED) is 0.758. The minimum atomic E-state index is -0.592. The lowest BCUT2D eigenvalue weighted by molar-refractivity contribution is -0.142. The van der Waals surface area contributed by atoms with Crippen LogP contribution in [-0.2, 0) is 16.1 Å². The molecule has 0 unspecified atom stereocenters. The molecule has 0 spiro atoms. The van der Waals surface area contributed by atoms with E-state index in [4.69, 9.17) is 4.74 Å². The fourth-order valence-corrected chi connectivity index (χ4v) is 2.86. The number of ether oxygens (including phenoxy) is 1. The summed E-state index contributed by atoms with van der Waals surface area (Å²) in [4.78, 5) is 26.5. The van der Waals surface area contributed by atoms with E-state index in [-0.39, 0.29) is 18.4 Å². The van der Waals surface area contributed by atoms with Gasteiger partial charge in [0, 0.05) is 13.6 Å². The van der Waals surface area contributed by atoms with Gasteiger partial charge in [0.25, 0.3) is 5.91 Å². The summed E-state index contributed by atoms with van der Waals surface area (Å²) >= 11 is 0. The summed E-state index contributed by atoms with van der Waals surface area (Å²) in [7, 11) is 1.57. The average molecular weight is 383 g/mol. The molecule has 2 aromatic rings. The first-order valence-corrected chi connectivity index (χ1v) is 9.61. The molecular weight excluding hydrogens is 352 g/mol. The Hall–Kier alpha value is -2.82. The van der Waals surface area contributed by atoms with E-state index >= 15 is 0 Å². The van der Waals surface area contributed by atoms with Crippen LogP contribution in [0, 0.1) is 6.92 Å². The Labute approximate surface area is 167 Å². The van der Waals surface area contributed by atoms with Crippen LogP contribution in [0.4, 0.5) is 0 Å². The Balaban J connectivity index is 2.09. The molecule has 5 heteroatoms. The van der Waals surface area contributed by atoms with Gasteiger partial charge in [0.2, 0.25) is 5.91 Å². The van der Waals surface area contributed by atoms with Crippen LogP contribution in [0.15, 0.2) is 48.5 Å². The van der Waals surface area contributed by atoms with Crippen molar-refractivity contribution in [1.29, 1.82) is 0 Å². The number of nitrogens with zero attached hydrogens (tertiary/aromatic N) is 1. The van der Waals surface area contributed by atoms with E-state index in [1.165, 1.54) is 5.56 Å². The first-order valence-electron chi connectivity index (χ1n) is 9.61. The highest BCUT2D eigenvalue weighted by molar-refractivity contribution is 5.87. The van der Waals surface area contributed by atoms with Crippen LogP contribution in [0.1, 0.15) is 43.4 Å². The molecule has 0 saturated carbocycles. The zero-order valence-corrected chi connectivity index (χ0v) is 17.4. The molecule has 28 heavy (non-hydrogen) atoms. The van der Waals surface area contributed by atoms with Gasteiger partial charge in [-0.1, -0.05) is 55.8 Å². The second-order valence-corrected chi connectivity index (χ2v) is 7.31. The van der Waals surface area contributed by atoms with Gasteiger partial charge in [-0.3, -0.25) is 9.59 Å². The maximum absolute atomic E-state index is 12.8. The van der Waals surface area contributed by atoms with Crippen molar-refractivity contribution in [2.45, 2.75) is 46.2 Å². The largest absolute Gasteiger partial charge is 0.484 e. The normalized spacial score (nSPS) is 11.8. The minimum Gasteiger partial charge on any atom is -0.484 e. The molecular formula is C23H30N2O3. The van der Waals surface area contributed by atoms with E-state index in [9.17, 15) is 9.59 Å². The Morgan fingerprint density at radius 2 is 1.61 bits per heavy atom. The summed E-state index contributed by atoms with van der Waals surface area (Å²) in [5, 5.41) is 2.61. The van der Waals surface area contributed by atoms with E-state index in [0.717, 1.165) is 11.1 Å². The third-order valence-corrected chi connectivity index (χ3v) is 4.80. The Kier molecular flexibility index (Phi) is 7.61.